The first-order valence-corrected chi connectivity index (χ1v) is 11.5. The van der Waals surface area contributed by atoms with Gasteiger partial charge in [-0.1, -0.05) is 29.8 Å². The van der Waals surface area contributed by atoms with Crippen LogP contribution in [-0.2, 0) is 10.0 Å². The molecule has 3 aromatic rings. The third-order valence-electron chi connectivity index (χ3n) is 5.09. The van der Waals surface area contributed by atoms with Crippen LogP contribution in [0, 0.1) is 24.0 Å². The van der Waals surface area contributed by atoms with Gasteiger partial charge in [0.1, 0.15) is 11.4 Å². The van der Waals surface area contributed by atoms with Gasteiger partial charge in [0.05, 0.1) is 28.7 Å². The summed E-state index contributed by atoms with van der Waals surface area (Å²) in [5.41, 5.74) is 2.39. The maximum atomic E-state index is 12.8. The standard InChI is InChI=1S/C23H25N3O6S/c1-15-4-10-20(16(2)12-15)25-33(30,31)19-9-11-21(22(13-19)26(28)29)24-14-23(27)17-5-7-18(32-3)8-6-17/h4-13,23-25,27H,14H2,1-3H3. The summed E-state index contributed by atoms with van der Waals surface area (Å²) in [7, 11) is -2.51. The number of hydrogen-bond acceptors (Lipinski definition) is 7. The molecule has 0 bridgehead atoms. The molecule has 33 heavy (non-hydrogen) atoms. The lowest BCUT2D eigenvalue weighted by molar-refractivity contribution is -0.384. The van der Waals surface area contributed by atoms with Gasteiger partial charge in [-0.15, -0.1) is 0 Å². The zero-order valence-electron chi connectivity index (χ0n) is 18.4. The number of nitrogens with one attached hydrogen (secondary N) is 2. The van der Waals surface area contributed by atoms with Gasteiger partial charge in [0.2, 0.25) is 0 Å². The molecular formula is C23H25N3O6S. The number of nitro groups is 1. The first-order chi connectivity index (χ1) is 15.6. The van der Waals surface area contributed by atoms with Crippen LogP contribution in [0.3, 0.4) is 0 Å². The molecule has 0 amide bonds. The Morgan fingerprint density at radius 3 is 2.30 bits per heavy atom. The zero-order valence-corrected chi connectivity index (χ0v) is 19.2. The zero-order chi connectivity index (χ0) is 24.2. The number of nitro benzene ring substituents is 1. The Kier molecular flexibility index (Phi) is 7.19. The fraction of sp³-hybridized carbons (Fsp3) is 0.217. The van der Waals surface area contributed by atoms with Gasteiger partial charge in [-0.05, 0) is 55.3 Å². The van der Waals surface area contributed by atoms with Crippen molar-refractivity contribution in [1.29, 1.82) is 0 Å². The highest BCUT2D eigenvalue weighted by atomic mass is 32.2. The molecule has 3 N–H and O–H groups in total. The summed E-state index contributed by atoms with van der Waals surface area (Å²) in [6.07, 6.45) is -0.940. The Morgan fingerprint density at radius 2 is 1.70 bits per heavy atom. The Bertz CT molecular complexity index is 1260. The number of ether oxygens (including phenoxy) is 1. The second-order valence-corrected chi connectivity index (χ2v) is 9.21. The van der Waals surface area contributed by atoms with E-state index in [-0.39, 0.29) is 17.1 Å². The van der Waals surface area contributed by atoms with Crippen LogP contribution in [0.1, 0.15) is 22.8 Å². The van der Waals surface area contributed by atoms with Gasteiger partial charge >= 0.3 is 0 Å². The minimum absolute atomic E-state index is 0.0138. The fourth-order valence-corrected chi connectivity index (χ4v) is 4.41. The van der Waals surface area contributed by atoms with E-state index < -0.39 is 26.7 Å². The van der Waals surface area contributed by atoms with Crippen molar-refractivity contribution in [2.45, 2.75) is 24.8 Å². The number of sulfonamides is 1. The molecule has 0 aliphatic heterocycles. The van der Waals surface area contributed by atoms with E-state index in [1.807, 2.05) is 13.0 Å². The van der Waals surface area contributed by atoms with Crippen LogP contribution < -0.4 is 14.8 Å². The quantitative estimate of drug-likeness (QED) is 0.315. The van der Waals surface area contributed by atoms with E-state index in [2.05, 4.69) is 10.0 Å². The average molecular weight is 472 g/mol. The molecule has 0 aliphatic rings. The SMILES string of the molecule is COc1ccc(C(O)CNc2ccc(S(=O)(=O)Nc3ccc(C)cc3C)cc2[N+](=O)[O-])cc1. The van der Waals surface area contributed by atoms with Gasteiger partial charge in [-0.25, -0.2) is 8.42 Å². The van der Waals surface area contributed by atoms with Crippen molar-refractivity contribution in [3.05, 3.63) is 87.5 Å². The summed E-state index contributed by atoms with van der Waals surface area (Å²) in [4.78, 5) is 10.7. The number of anilines is 2. The summed E-state index contributed by atoms with van der Waals surface area (Å²) in [6.45, 7) is 3.65. The van der Waals surface area contributed by atoms with Crippen LogP contribution in [0.25, 0.3) is 0 Å². The first-order valence-electron chi connectivity index (χ1n) is 10.0. The molecule has 0 aromatic heterocycles. The van der Waals surface area contributed by atoms with Crippen molar-refractivity contribution >= 4 is 27.1 Å². The van der Waals surface area contributed by atoms with E-state index in [9.17, 15) is 23.6 Å². The van der Waals surface area contributed by atoms with Crippen molar-refractivity contribution in [2.24, 2.45) is 0 Å². The Balaban J connectivity index is 1.80. The monoisotopic (exact) mass is 471 g/mol. The third kappa shape index (κ3) is 5.79. The van der Waals surface area contributed by atoms with Gasteiger partial charge in [0.15, 0.2) is 0 Å². The number of nitrogens with zero attached hydrogens (tertiary/aromatic N) is 1. The maximum absolute atomic E-state index is 12.8. The fourth-order valence-electron chi connectivity index (χ4n) is 3.26. The molecule has 3 aromatic carbocycles. The second-order valence-electron chi connectivity index (χ2n) is 7.53. The van der Waals surface area contributed by atoms with Gasteiger partial charge in [-0.3, -0.25) is 14.8 Å². The number of methoxy groups -OCH3 is 1. The maximum Gasteiger partial charge on any atom is 0.293 e. The molecule has 0 saturated heterocycles. The Hall–Kier alpha value is -3.63. The van der Waals surface area contributed by atoms with E-state index >= 15 is 0 Å². The third-order valence-corrected chi connectivity index (χ3v) is 6.45. The Labute approximate surface area is 192 Å². The summed E-state index contributed by atoms with van der Waals surface area (Å²) >= 11 is 0. The molecule has 1 atom stereocenters. The van der Waals surface area contributed by atoms with Gasteiger partial charge in [-0.2, -0.15) is 0 Å². The summed E-state index contributed by atoms with van der Waals surface area (Å²) in [6, 6.07) is 15.6. The molecule has 9 nitrogen and oxygen atoms in total. The first kappa shape index (κ1) is 24.0. The topological polar surface area (TPSA) is 131 Å². The van der Waals surface area contributed by atoms with E-state index in [0.29, 0.717) is 17.0 Å². The van der Waals surface area contributed by atoms with Crippen molar-refractivity contribution in [3.63, 3.8) is 0 Å². The van der Waals surface area contributed by atoms with E-state index in [1.165, 1.54) is 19.2 Å². The number of benzene rings is 3. The summed E-state index contributed by atoms with van der Waals surface area (Å²) < 4.78 is 33.2. The number of aliphatic hydroxyl groups excluding tert-OH is 1. The highest BCUT2D eigenvalue weighted by Crippen LogP contribution is 2.30. The van der Waals surface area contributed by atoms with Crippen LogP contribution >= 0.6 is 0 Å². The molecule has 0 spiro atoms. The largest absolute Gasteiger partial charge is 0.497 e. The normalized spacial score (nSPS) is 12.1. The van der Waals surface area contributed by atoms with Gasteiger partial charge < -0.3 is 15.2 Å². The lowest BCUT2D eigenvalue weighted by Crippen LogP contribution is -2.16. The minimum atomic E-state index is -4.05. The highest BCUT2D eigenvalue weighted by Gasteiger charge is 2.22. The predicted octanol–water partition coefficient (Wildman–Crippen LogP) is 4.17. The van der Waals surface area contributed by atoms with Crippen LogP contribution in [-0.4, -0.2) is 32.1 Å². The Morgan fingerprint density at radius 1 is 1.03 bits per heavy atom. The molecule has 10 heteroatoms. The van der Waals surface area contributed by atoms with Crippen LogP contribution in [0.5, 0.6) is 5.75 Å². The molecule has 3 rings (SSSR count). The van der Waals surface area contributed by atoms with Crippen LogP contribution in [0.4, 0.5) is 17.1 Å². The van der Waals surface area contributed by atoms with Crippen molar-refractivity contribution < 1.29 is 23.2 Å². The van der Waals surface area contributed by atoms with Crippen LogP contribution in [0.15, 0.2) is 65.6 Å². The predicted molar refractivity (Wildman–Crippen MR) is 126 cm³/mol. The molecule has 0 fully saturated rings. The molecule has 0 radical (unpaired) electrons. The number of aliphatic hydroxyl groups is 1. The molecule has 174 valence electrons. The van der Waals surface area contributed by atoms with Crippen LogP contribution in [0.2, 0.25) is 0 Å². The lowest BCUT2D eigenvalue weighted by Gasteiger charge is -2.15. The smallest absolute Gasteiger partial charge is 0.293 e. The molecule has 0 aliphatic carbocycles. The van der Waals surface area contributed by atoms with E-state index in [0.717, 1.165) is 17.2 Å². The van der Waals surface area contributed by atoms with Gasteiger partial charge in [0.25, 0.3) is 15.7 Å². The molecular weight excluding hydrogens is 446 g/mol. The molecule has 0 heterocycles. The van der Waals surface area contributed by atoms with Crippen molar-refractivity contribution in [1.82, 2.24) is 0 Å². The molecule has 0 saturated carbocycles. The molecule has 1 unspecified atom stereocenters. The van der Waals surface area contributed by atoms with Gasteiger partial charge in [0, 0.05) is 12.6 Å². The number of hydrogen-bond donors (Lipinski definition) is 3. The highest BCUT2D eigenvalue weighted by molar-refractivity contribution is 7.92. The second kappa shape index (κ2) is 9.88. The lowest BCUT2D eigenvalue weighted by atomic mass is 10.1. The number of rotatable bonds is 9. The summed E-state index contributed by atoms with van der Waals surface area (Å²) in [5.74, 6) is 0.640. The summed E-state index contributed by atoms with van der Waals surface area (Å²) in [5, 5.41) is 24.8. The number of aryl methyl sites for hydroxylation is 2. The van der Waals surface area contributed by atoms with E-state index in [4.69, 9.17) is 4.74 Å². The average Bonchev–Trinajstić information content (AvgIpc) is 2.79. The van der Waals surface area contributed by atoms with Crippen molar-refractivity contribution in [3.8, 4) is 5.75 Å². The minimum Gasteiger partial charge on any atom is -0.497 e. The van der Waals surface area contributed by atoms with E-state index in [1.54, 1.807) is 43.3 Å². The van der Waals surface area contributed by atoms with Crippen molar-refractivity contribution in [2.75, 3.05) is 23.7 Å².